The van der Waals surface area contributed by atoms with Gasteiger partial charge >= 0.3 is 6.18 Å². The molecule has 1 aliphatic heterocycles. The van der Waals surface area contributed by atoms with Crippen LogP contribution in [0.2, 0.25) is 0 Å². The number of rotatable bonds is 3. The molecule has 6 nitrogen and oxygen atoms in total. The third-order valence-electron chi connectivity index (χ3n) is 4.69. The molecule has 0 radical (unpaired) electrons. The van der Waals surface area contributed by atoms with Crippen LogP contribution in [0, 0.1) is 0 Å². The van der Waals surface area contributed by atoms with Gasteiger partial charge in [0.05, 0.1) is 35.4 Å². The van der Waals surface area contributed by atoms with Crippen LogP contribution in [0.1, 0.15) is 17.7 Å². The summed E-state index contributed by atoms with van der Waals surface area (Å²) >= 11 is 0. The highest BCUT2D eigenvalue weighted by molar-refractivity contribution is 5.58. The molecule has 0 bridgehead atoms. The van der Waals surface area contributed by atoms with Crippen molar-refractivity contribution in [2.75, 3.05) is 13.2 Å². The van der Waals surface area contributed by atoms with Gasteiger partial charge in [-0.15, -0.1) is 0 Å². The minimum absolute atomic E-state index is 0.219. The van der Waals surface area contributed by atoms with Crippen LogP contribution in [0.3, 0.4) is 0 Å². The van der Waals surface area contributed by atoms with Crippen molar-refractivity contribution in [3.8, 4) is 16.9 Å². The van der Waals surface area contributed by atoms with Gasteiger partial charge in [0.25, 0.3) is 0 Å². The van der Waals surface area contributed by atoms with Crippen LogP contribution < -0.4 is 0 Å². The van der Waals surface area contributed by atoms with Gasteiger partial charge in [0.1, 0.15) is 5.60 Å². The van der Waals surface area contributed by atoms with Crippen LogP contribution in [0.15, 0.2) is 42.7 Å². The van der Waals surface area contributed by atoms with E-state index in [4.69, 9.17) is 4.74 Å². The fourth-order valence-corrected chi connectivity index (χ4v) is 3.20. The van der Waals surface area contributed by atoms with E-state index >= 15 is 0 Å². The lowest BCUT2D eigenvalue weighted by Gasteiger charge is -2.19. The number of ether oxygens (including phenoxy) is 1. The second-order valence-corrected chi connectivity index (χ2v) is 6.59. The zero-order valence-corrected chi connectivity index (χ0v) is 14.4. The van der Waals surface area contributed by atoms with E-state index < -0.39 is 17.3 Å². The Morgan fingerprint density at radius 1 is 1.22 bits per heavy atom. The normalized spacial score (nSPS) is 20.3. The number of alkyl halides is 3. The molecule has 0 saturated carbocycles. The number of benzene rings is 1. The minimum atomic E-state index is -4.37. The van der Waals surface area contributed by atoms with Crippen LogP contribution in [-0.4, -0.2) is 37.9 Å². The van der Waals surface area contributed by atoms with Crippen molar-refractivity contribution >= 4 is 0 Å². The van der Waals surface area contributed by atoms with E-state index in [0.29, 0.717) is 35.7 Å². The van der Waals surface area contributed by atoms with Gasteiger partial charge in [-0.05, 0) is 30.3 Å². The maximum absolute atomic E-state index is 12.7. The Hall–Kier alpha value is -2.65. The van der Waals surface area contributed by atoms with E-state index in [1.54, 1.807) is 30.2 Å². The van der Waals surface area contributed by atoms with Crippen molar-refractivity contribution in [3.63, 3.8) is 0 Å². The molecule has 1 aromatic carbocycles. The molecule has 3 heterocycles. The molecule has 1 atom stereocenters. The monoisotopic (exact) mass is 378 g/mol. The summed E-state index contributed by atoms with van der Waals surface area (Å²) in [5, 5.41) is 19.3. The third-order valence-corrected chi connectivity index (χ3v) is 4.69. The van der Waals surface area contributed by atoms with Crippen LogP contribution in [0.25, 0.3) is 16.9 Å². The highest BCUT2D eigenvalue weighted by Gasteiger charge is 2.37. The summed E-state index contributed by atoms with van der Waals surface area (Å²) in [6.45, 7) is 0.708. The first-order chi connectivity index (χ1) is 12.8. The minimum Gasteiger partial charge on any atom is -0.381 e. The first kappa shape index (κ1) is 17.7. The number of hydrogen-bond acceptors (Lipinski definition) is 4. The zero-order valence-electron chi connectivity index (χ0n) is 14.4. The smallest absolute Gasteiger partial charge is 0.381 e. The fourth-order valence-electron chi connectivity index (χ4n) is 3.20. The first-order valence-electron chi connectivity index (χ1n) is 8.34. The first-order valence-corrected chi connectivity index (χ1v) is 8.34. The van der Waals surface area contributed by atoms with Crippen LogP contribution in [0.5, 0.6) is 0 Å². The van der Waals surface area contributed by atoms with Crippen LogP contribution in [-0.2, 0) is 23.6 Å². The van der Waals surface area contributed by atoms with Crippen molar-refractivity contribution in [2.45, 2.75) is 18.2 Å². The summed E-state index contributed by atoms with van der Waals surface area (Å²) in [4.78, 5) is 0. The Morgan fingerprint density at radius 2 is 1.96 bits per heavy atom. The van der Waals surface area contributed by atoms with Gasteiger partial charge in [0.15, 0.2) is 0 Å². The van der Waals surface area contributed by atoms with E-state index in [1.807, 2.05) is 0 Å². The van der Waals surface area contributed by atoms with Gasteiger partial charge in [-0.25, -0.2) is 4.68 Å². The molecular weight excluding hydrogens is 361 g/mol. The molecule has 0 spiro atoms. The molecule has 1 N–H and O–H groups in total. The number of hydrogen-bond donors (Lipinski definition) is 1. The highest BCUT2D eigenvalue weighted by atomic mass is 19.4. The molecule has 2 aromatic heterocycles. The summed E-state index contributed by atoms with van der Waals surface area (Å²) in [6, 6.07) is 6.54. The second kappa shape index (κ2) is 6.21. The molecule has 142 valence electrons. The SMILES string of the molecule is Cn1nc(-c2cnn(-c3ccc(C(F)(F)F)cc3)c2)cc1C1(O)CCOC1. The predicted octanol–water partition coefficient (Wildman–Crippen LogP) is 2.90. The highest BCUT2D eigenvalue weighted by Crippen LogP contribution is 2.33. The second-order valence-electron chi connectivity index (χ2n) is 6.59. The average Bonchev–Trinajstić information content (AvgIpc) is 3.34. The Balaban J connectivity index is 1.62. The quantitative estimate of drug-likeness (QED) is 0.761. The molecule has 1 unspecified atom stereocenters. The van der Waals surface area contributed by atoms with E-state index in [-0.39, 0.29) is 6.61 Å². The molecule has 0 aliphatic carbocycles. The van der Waals surface area contributed by atoms with Crippen molar-refractivity contribution in [1.29, 1.82) is 0 Å². The molecule has 4 rings (SSSR count). The van der Waals surface area contributed by atoms with Gasteiger partial charge in [0.2, 0.25) is 0 Å². The van der Waals surface area contributed by atoms with Gasteiger partial charge in [-0.1, -0.05) is 0 Å². The Morgan fingerprint density at radius 3 is 2.59 bits per heavy atom. The van der Waals surface area contributed by atoms with Crippen molar-refractivity contribution in [1.82, 2.24) is 19.6 Å². The Labute approximate surface area is 152 Å². The van der Waals surface area contributed by atoms with Crippen molar-refractivity contribution in [2.24, 2.45) is 7.05 Å². The largest absolute Gasteiger partial charge is 0.416 e. The molecule has 1 fully saturated rings. The number of aliphatic hydroxyl groups is 1. The summed E-state index contributed by atoms with van der Waals surface area (Å²) in [7, 11) is 1.75. The molecule has 3 aromatic rings. The summed E-state index contributed by atoms with van der Waals surface area (Å²) in [5.41, 5.74) is 0.694. The Bertz CT molecular complexity index is 954. The molecule has 1 aliphatic rings. The molecular formula is C18H17F3N4O2. The van der Waals surface area contributed by atoms with Gasteiger partial charge < -0.3 is 9.84 Å². The average molecular weight is 378 g/mol. The number of aryl methyl sites for hydroxylation is 1. The zero-order chi connectivity index (χ0) is 19.2. The molecule has 27 heavy (non-hydrogen) atoms. The number of aromatic nitrogens is 4. The Kier molecular flexibility index (Phi) is 4.08. The lowest BCUT2D eigenvalue weighted by atomic mass is 9.98. The third kappa shape index (κ3) is 3.24. The topological polar surface area (TPSA) is 65.1 Å². The van der Waals surface area contributed by atoms with Crippen LogP contribution in [0.4, 0.5) is 13.2 Å². The van der Waals surface area contributed by atoms with E-state index in [0.717, 1.165) is 12.1 Å². The summed E-state index contributed by atoms with van der Waals surface area (Å²) in [5.74, 6) is 0. The van der Waals surface area contributed by atoms with E-state index in [1.165, 1.54) is 16.8 Å². The lowest BCUT2D eigenvalue weighted by molar-refractivity contribution is -0.137. The standard InChI is InChI=1S/C18H17F3N4O2/c1-24-16(17(26)6-7-27-11-17)8-15(23-24)12-9-22-25(10-12)14-4-2-13(3-5-14)18(19,20)21/h2-5,8-10,26H,6-7,11H2,1H3. The number of halogens is 3. The van der Waals surface area contributed by atoms with Crippen molar-refractivity contribution < 1.29 is 23.0 Å². The van der Waals surface area contributed by atoms with Gasteiger partial charge in [-0.2, -0.15) is 23.4 Å². The molecule has 9 heteroatoms. The fraction of sp³-hybridized carbons (Fsp3) is 0.333. The van der Waals surface area contributed by atoms with Crippen LogP contribution >= 0.6 is 0 Å². The molecule has 1 saturated heterocycles. The number of nitrogens with zero attached hydrogens (tertiary/aromatic N) is 4. The van der Waals surface area contributed by atoms with Crippen molar-refractivity contribution in [3.05, 3.63) is 54.0 Å². The lowest BCUT2D eigenvalue weighted by Crippen LogP contribution is -2.28. The maximum Gasteiger partial charge on any atom is 0.416 e. The van der Waals surface area contributed by atoms with E-state index in [9.17, 15) is 18.3 Å². The molecule has 0 amide bonds. The summed E-state index contributed by atoms with van der Waals surface area (Å²) < 4.78 is 46.4. The summed E-state index contributed by atoms with van der Waals surface area (Å²) in [6.07, 6.45) is -0.609. The van der Waals surface area contributed by atoms with Gasteiger partial charge in [-0.3, -0.25) is 4.68 Å². The van der Waals surface area contributed by atoms with E-state index in [2.05, 4.69) is 10.2 Å². The maximum atomic E-state index is 12.7. The van der Waals surface area contributed by atoms with Gasteiger partial charge in [0, 0.05) is 31.8 Å². The predicted molar refractivity (Wildman–Crippen MR) is 90.1 cm³/mol.